The van der Waals surface area contributed by atoms with Gasteiger partial charge in [-0.3, -0.25) is 4.79 Å². The highest BCUT2D eigenvalue weighted by Gasteiger charge is 2.25. The van der Waals surface area contributed by atoms with Crippen molar-refractivity contribution in [1.82, 2.24) is 9.97 Å². The van der Waals surface area contributed by atoms with Crippen molar-refractivity contribution in [3.8, 4) is 0 Å². The third-order valence-electron chi connectivity index (χ3n) is 4.70. The first-order valence-corrected chi connectivity index (χ1v) is 9.54. The fraction of sp³-hybridized carbons (Fsp3) is 0.500. The number of rotatable bonds is 3. The fourth-order valence-corrected chi connectivity index (χ4v) is 4.70. The lowest BCUT2D eigenvalue weighted by atomic mass is 9.89. The quantitative estimate of drug-likeness (QED) is 0.828. The van der Waals surface area contributed by atoms with Gasteiger partial charge in [-0.25, -0.2) is 9.78 Å². The van der Waals surface area contributed by atoms with Gasteiger partial charge in [0.2, 0.25) is 5.76 Å². The molecule has 0 amide bonds. The SMILES string of the molecule is C[C@H]1CCc2c(sc3nc([C@@H](C)OC(=O)C4=COCCO4)[nH]c(=O)c23)C1. The van der Waals surface area contributed by atoms with Crippen LogP contribution in [-0.4, -0.2) is 29.2 Å². The minimum atomic E-state index is -0.705. The molecule has 0 unspecified atom stereocenters. The number of nitrogens with zero attached hydrogens (tertiary/aromatic N) is 1. The van der Waals surface area contributed by atoms with Gasteiger partial charge in [0.25, 0.3) is 5.56 Å². The molecule has 138 valence electrons. The van der Waals surface area contributed by atoms with Crippen molar-refractivity contribution in [3.63, 3.8) is 0 Å². The maximum absolute atomic E-state index is 12.6. The third kappa shape index (κ3) is 3.09. The fourth-order valence-electron chi connectivity index (χ4n) is 3.31. The summed E-state index contributed by atoms with van der Waals surface area (Å²) < 4.78 is 15.6. The van der Waals surface area contributed by atoms with Crippen LogP contribution < -0.4 is 5.56 Å². The van der Waals surface area contributed by atoms with Crippen LogP contribution in [0.2, 0.25) is 0 Å². The minimum Gasteiger partial charge on any atom is -0.493 e. The average molecular weight is 376 g/mol. The van der Waals surface area contributed by atoms with Crippen LogP contribution in [0.5, 0.6) is 0 Å². The Morgan fingerprint density at radius 2 is 2.31 bits per heavy atom. The van der Waals surface area contributed by atoms with Gasteiger partial charge in [0.1, 0.15) is 24.3 Å². The van der Waals surface area contributed by atoms with E-state index in [0.29, 0.717) is 35.2 Å². The highest BCUT2D eigenvalue weighted by atomic mass is 32.1. The summed E-state index contributed by atoms with van der Waals surface area (Å²) in [5.41, 5.74) is 0.961. The van der Waals surface area contributed by atoms with Gasteiger partial charge in [-0.15, -0.1) is 11.3 Å². The second kappa shape index (κ2) is 6.75. The molecule has 8 heteroatoms. The highest BCUT2D eigenvalue weighted by Crippen LogP contribution is 2.36. The van der Waals surface area contributed by atoms with Crippen molar-refractivity contribution < 1.29 is 19.0 Å². The number of hydrogen-bond acceptors (Lipinski definition) is 7. The molecular weight excluding hydrogens is 356 g/mol. The zero-order chi connectivity index (χ0) is 18.3. The summed E-state index contributed by atoms with van der Waals surface area (Å²) >= 11 is 1.57. The Hall–Kier alpha value is -2.35. The van der Waals surface area contributed by atoms with Gasteiger partial charge >= 0.3 is 5.97 Å². The van der Waals surface area contributed by atoms with E-state index in [-0.39, 0.29) is 11.3 Å². The topological polar surface area (TPSA) is 90.5 Å². The number of H-pyrrole nitrogens is 1. The Morgan fingerprint density at radius 3 is 3.08 bits per heavy atom. The van der Waals surface area contributed by atoms with Crippen LogP contribution in [0.15, 0.2) is 16.8 Å². The zero-order valence-corrected chi connectivity index (χ0v) is 15.5. The normalized spacial score (nSPS) is 20.5. The first kappa shape index (κ1) is 17.1. The van der Waals surface area contributed by atoms with Crippen molar-refractivity contribution >= 4 is 27.5 Å². The number of carbonyl (C=O) groups is 1. The van der Waals surface area contributed by atoms with Crippen molar-refractivity contribution in [1.29, 1.82) is 0 Å². The summed E-state index contributed by atoms with van der Waals surface area (Å²) in [6.07, 6.45) is 3.53. The van der Waals surface area contributed by atoms with Gasteiger partial charge in [-0.05, 0) is 37.7 Å². The van der Waals surface area contributed by atoms with Gasteiger partial charge in [0, 0.05) is 4.88 Å². The monoisotopic (exact) mass is 376 g/mol. The van der Waals surface area contributed by atoms with Crippen molar-refractivity contribution in [3.05, 3.63) is 38.6 Å². The summed E-state index contributed by atoms with van der Waals surface area (Å²) in [6, 6.07) is 0. The van der Waals surface area contributed by atoms with Gasteiger partial charge in [0.05, 0.1) is 5.39 Å². The van der Waals surface area contributed by atoms with Gasteiger partial charge in [0.15, 0.2) is 11.9 Å². The largest absolute Gasteiger partial charge is 0.493 e. The molecule has 3 heterocycles. The van der Waals surface area contributed by atoms with E-state index in [2.05, 4.69) is 16.9 Å². The molecule has 0 radical (unpaired) electrons. The summed E-state index contributed by atoms with van der Waals surface area (Å²) in [5.74, 6) is 0.339. The van der Waals surface area contributed by atoms with Crippen LogP contribution in [0.3, 0.4) is 0 Å². The Kier molecular flexibility index (Phi) is 4.44. The number of ether oxygens (including phenoxy) is 3. The molecule has 0 bridgehead atoms. The van der Waals surface area contributed by atoms with E-state index >= 15 is 0 Å². The number of aryl methyl sites for hydroxylation is 1. The molecule has 0 aromatic carbocycles. The molecule has 2 aromatic rings. The third-order valence-corrected chi connectivity index (χ3v) is 5.85. The van der Waals surface area contributed by atoms with Gasteiger partial charge < -0.3 is 19.2 Å². The summed E-state index contributed by atoms with van der Waals surface area (Å²) in [4.78, 5) is 34.0. The lowest BCUT2D eigenvalue weighted by Crippen LogP contribution is -2.21. The van der Waals surface area contributed by atoms with Gasteiger partial charge in [-0.2, -0.15) is 0 Å². The number of aromatic nitrogens is 2. The van der Waals surface area contributed by atoms with Crippen molar-refractivity contribution in [2.24, 2.45) is 5.92 Å². The summed E-state index contributed by atoms with van der Waals surface area (Å²) in [6.45, 7) is 4.60. The number of hydrogen-bond donors (Lipinski definition) is 1. The molecule has 26 heavy (non-hydrogen) atoms. The lowest BCUT2D eigenvalue weighted by Gasteiger charge is -2.17. The molecule has 0 saturated carbocycles. The molecule has 7 nitrogen and oxygen atoms in total. The predicted molar refractivity (Wildman–Crippen MR) is 95.9 cm³/mol. The summed E-state index contributed by atoms with van der Waals surface area (Å²) in [7, 11) is 0. The molecule has 1 N–H and O–H groups in total. The lowest BCUT2D eigenvalue weighted by molar-refractivity contribution is -0.149. The molecule has 4 rings (SSSR count). The first-order valence-electron chi connectivity index (χ1n) is 8.73. The number of esters is 1. The van der Waals surface area contributed by atoms with E-state index in [1.807, 2.05) is 0 Å². The van der Waals surface area contributed by atoms with Crippen molar-refractivity contribution in [2.75, 3.05) is 13.2 Å². The van der Waals surface area contributed by atoms with Crippen LogP contribution in [-0.2, 0) is 31.8 Å². The number of aromatic amines is 1. The summed E-state index contributed by atoms with van der Waals surface area (Å²) in [5, 5.41) is 0.686. The molecule has 2 aliphatic rings. The Balaban J connectivity index is 1.61. The number of carbonyl (C=O) groups excluding carboxylic acids is 1. The maximum Gasteiger partial charge on any atom is 0.377 e. The second-order valence-electron chi connectivity index (χ2n) is 6.73. The zero-order valence-electron chi connectivity index (χ0n) is 14.7. The minimum absolute atomic E-state index is 0.0205. The van der Waals surface area contributed by atoms with Crippen LogP contribution in [0.25, 0.3) is 10.2 Å². The molecule has 2 atom stereocenters. The maximum atomic E-state index is 12.6. The molecule has 2 aromatic heterocycles. The molecule has 1 aliphatic carbocycles. The molecule has 1 aliphatic heterocycles. The molecule has 0 spiro atoms. The van der Waals surface area contributed by atoms with E-state index in [0.717, 1.165) is 24.8 Å². The first-order chi connectivity index (χ1) is 12.5. The Bertz CT molecular complexity index is 945. The van der Waals surface area contributed by atoms with E-state index in [9.17, 15) is 9.59 Å². The van der Waals surface area contributed by atoms with Gasteiger partial charge in [-0.1, -0.05) is 6.92 Å². The van der Waals surface area contributed by atoms with E-state index in [1.165, 1.54) is 11.1 Å². The number of nitrogens with one attached hydrogen (secondary N) is 1. The van der Waals surface area contributed by atoms with Crippen molar-refractivity contribution in [2.45, 2.75) is 39.2 Å². The van der Waals surface area contributed by atoms with Crippen LogP contribution in [0, 0.1) is 5.92 Å². The van der Waals surface area contributed by atoms with E-state index in [1.54, 1.807) is 18.3 Å². The number of fused-ring (bicyclic) bond motifs is 3. The standard InChI is InChI=1S/C18H20N2O5S/c1-9-3-4-11-13(7-9)26-17-14(11)16(21)19-15(20-17)10(2)25-18(22)12-8-23-5-6-24-12/h8-10H,3-7H2,1-2H3,(H,19,20,21)/t9-,10+/m0/s1. The van der Waals surface area contributed by atoms with Crippen LogP contribution >= 0.6 is 11.3 Å². The molecule has 0 fully saturated rings. The Morgan fingerprint density at radius 1 is 1.46 bits per heavy atom. The Labute approximate surface area is 154 Å². The van der Waals surface area contributed by atoms with E-state index in [4.69, 9.17) is 14.2 Å². The van der Waals surface area contributed by atoms with E-state index < -0.39 is 12.1 Å². The van der Waals surface area contributed by atoms with Crippen LogP contribution in [0.1, 0.15) is 42.6 Å². The second-order valence-corrected chi connectivity index (χ2v) is 7.82. The van der Waals surface area contributed by atoms with Crippen LogP contribution in [0.4, 0.5) is 0 Å². The smallest absolute Gasteiger partial charge is 0.377 e. The molecule has 0 saturated heterocycles. The average Bonchev–Trinajstić information content (AvgIpc) is 3.00. The molecular formula is C18H20N2O5S. The number of thiophene rings is 1. The predicted octanol–water partition coefficient (Wildman–Crippen LogP) is 2.60. The highest BCUT2D eigenvalue weighted by molar-refractivity contribution is 7.18.